The van der Waals surface area contributed by atoms with E-state index < -0.39 is 0 Å². The van der Waals surface area contributed by atoms with Crippen LogP contribution in [0.25, 0.3) is 11.5 Å². The minimum absolute atomic E-state index is 0. The summed E-state index contributed by atoms with van der Waals surface area (Å²) in [6, 6.07) is 8.31. The van der Waals surface area contributed by atoms with Gasteiger partial charge in [0.2, 0.25) is 5.89 Å². The van der Waals surface area contributed by atoms with Crippen molar-refractivity contribution in [3.05, 3.63) is 41.3 Å². The van der Waals surface area contributed by atoms with Crippen LogP contribution in [0.5, 0.6) is 0 Å². The summed E-state index contributed by atoms with van der Waals surface area (Å²) in [7, 11) is 0. The Balaban J connectivity index is 0.00000162. The van der Waals surface area contributed by atoms with Crippen LogP contribution in [0.4, 0.5) is 0 Å². The highest BCUT2D eigenvalue weighted by molar-refractivity contribution is 5.85. The van der Waals surface area contributed by atoms with E-state index in [1.54, 1.807) is 0 Å². The minimum atomic E-state index is 0. The van der Waals surface area contributed by atoms with Gasteiger partial charge < -0.3 is 10.2 Å². The number of hydrogen-bond acceptors (Lipinski definition) is 3. The van der Waals surface area contributed by atoms with Crippen molar-refractivity contribution in [2.45, 2.75) is 33.2 Å². The fourth-order valence-corrected chi connectivity index (χ4v) is 1.75. The van der Waals surface area contributed by atoms with Gasteiger partial charge in [0.05, 0.1) is 5.69 Å². The van der Waals surface area contributed by atoms with Gasteiger partial charge in [0.25, 0.3) is 0 Å². The molecule has 2 aromatic rings. The van der Waals surface area contributed by atoms with Crippen molar-refractivity contribution in [2.24, 2.45) is 5.73 Å². The van der Waals surface area contributed by atoms with E-state index >= 15 is 0 Å². The SMILES string of the molecule is Cc1oc(-c2ccc(C(C)C)cc2)nc1CN.Cl. The third-order valence-electron chi connectivity index (χ3n) is 2.91. The highest BCUT2D eigenvalue weighted by Gasteiger charge is 2.10. The highest BCUT2D eigenvalue weighted by atomic mass is 35.5. The molecule has 3 nitrogen and oxygen atoms in total. The summed E-state index contributed by atoms with van der Waals surface area (Å²) >= 11 is 0. The number of aryl methyl sites for hydroxylation is 1. The summed E-state index contributed by atoms with van der Waals surface area (Å²) in [6.07, 6.45) is 0. The van der Waals surface area contributed by atoms with Gasteiger partial charge in [-0.15, -0.1) is 12.4 Å². The maximum absolute atomic E-state index is 5.60. The zero-order valence-corrected chi connectivity index (χ0v) is 11.8. The van der Waals surface area contributed by atoms with E-state index in [-0.39, 0.29) is 12.4 Å². The van der Waals surface area contributed by atoms with Crippen LogP contribution in [-0.4, -0.2) is 4.98 Å². The molecule has 0 aliphatic carbocycles. The molecule has 1 aromatic carbocycles. The Hall–Kier alpha value is -1.32. The Morgan fingerprint density at radius 1 is 1.22 bits per heavy atom. The first kappa shape index (κ1) is 14.7. The molecule has 0 fully saturated rings. The lowest BCUT2D eigenvalue weighted by Gasteiger charge is -2.04. The summed E-state index contributed by atoms with van der Waals surface area (Å²) in [5.74, 6) is 1.99. The Morgan fingerprint density at radius 2 is 1.83 bits per heavy atom. The summed E-state index contributed by atoms with van der Waals surface area (Å²) < 4.78 is 5.60. The lowest BCUT2D eigenvalue weighted by molar-refractivity contribution is 0.539. The summed E-state index contributed by atoms with van der Waals surface area (Å²) in [4.78, 5) is 4.38. The lowest BCUT2D eigenvalue weighted by Crippen LogP contribution is -1.97. The van der Waals surface area contributed by atoms with Gasteiger partial charge in [0.15, 0.2) is 0 Å². The molecule has 0 aliphatic heterocycles. The second-order valence-electron chi connectivity index (χ2n) is 4.50. The van der Waals surface area contributed by atoms with Crippen molar-refractivity contribution in [3.63, 3.8) is 0 Å². The molecule has 18 heavy (non-hydrogen) atoms. The molecule has 4 heteroatoms. The number of nitrogens with zero attached hydrogens (tertiary/aromatic N) is 1. The Bertz CT molecular complexity index is 503. The molecular weight excluding hydrogens is 248 g/mol. The quantitative estimate of drug-likeness (QED) is 0.922. The molecule has 2 rings (SSSR count). The number of hydrogen-bond donors (Lipinski definition) is 1. The molecule has 2 N–H and O–H groups in total. The van der Waals surface area contributed by atoms with Gasteiger partial charge in [-0.1, -0.05) is 26.0 Å². The predicted octanol–water partition coefficient (Wildman–Crippen LogP) is 3.65. The maximum atomic E-state index is 5.60. The van der Waals surface area contributed by atoms with Crippen molar-refractivity contribution in [3.8, 4) is 11.5 Å². The molecule has 1 aromatic heterocycles. The third kappa shape index (κ3) is 2.92. The first-order chi connectivity index (χ1) is 8.11. The number of oxazole rings is 1. The van der Waals surface area contributed by atoms with Crippen LogP contribution in [0.2, 0.25) is 0 Å². The largest absolute Gasteiger partial charge is 0.441 e. The number of aromatic nitrogens is 1. The molecule has 0 unspecified atom stereocenters. The van der Waals surface area contributed by atoms with E-state index in [2.05, 4.69) is 31.0 Å². The minimum Gasteiger partial charge on any atom is -0.441 e. The van der Waals surface area contributed by atoms with E-state index in [4.69, 9.17) is 10.2 Å². The fraction of sp³-hybridized carbons (Fsp3) is 0.357. The van der Waals surface area contributed by atoms with Crippen LogP contribution in [-0.2, 0) is 6.54 Å². The summed E-state index contributed by atoms with van der Waals surface area (Å²) in [5, 5.41) is 0. The van der Waals surface area contributed by atoms with Crippen LogP contribution >= 0.6 is 12.4 Å². The smallest absolute Gasteiger partial charge is 0.226 e. The summed E-state index contributed by atoms with van der Waals surface area (Å²) in [6.45, 7) is 6.66. The second-order valence-corrected chi connectivity index (χ2v) is 4.50. The molecule has 0 saturated heterocycles. The first-order valence-corrected chi connectivity index (χ1v) is 5.88. The van der Waals surface area contributed by atoms with Gasteiger partial charge in [-0.3, -0.25) is 0 Å². The van der Waals surface area contributed by atoms with E-state index in [1.165, 1.54) is 5.56 Å². The summed E-state index contributed by atoms with van der Waals surface area (Å²) in [5.41, 5.74) is 8.72. The van der Waals surface area contributed by atoms with Crippen molar-refractivity contribution in [1.82, 2.24) is 4.98 Å². The predicted molar refractivity (Wildman–Crippen MR) is 75.9 cm³/mol. The Morgan fingerprint density at radius 3 is 2.28 bits per heavy atom. The number of benzene rings is 1. The maximum Gasteiger partial charge on any atom is 0.226 e. The van der Waals surface area contributed by atoms with E-state index in [0.29, 0.717) is 18.4 Å². The topological polar surface area (TPSA) is 52.0 Å². The van der Waals surface area contributed by atoms with Gasteiger partial charge in [-0.2, -0.15) is 0 Å². The van der Waals surface area contributed by atoms with E-state index in [9.17, 15) is 0 Å². The molecule has 0 aliphatic rings. The zero-order chi connectivity index (χ0) is 12.4. The monoisotopic (exact) mass is 266 g/mol. The highest BCUT2D eigenvalue weighted by Crippen LogP contribution is 2.23. The number of rotatable bonds is 3. The van der Waals surface area contributed by atoms with Gasteiger partial charge in [-0.05, 0) is 30.5 Å². The van der Waals surface area contributed by atoms with Gasteiger partial charge in [0, 0.05) is 12.1 Å². The zero-order valence-electron chi connectivity index (χ0n) is 10.9. The van der Waals surface area contributed by atoms with Gasteiger partial charge in [0.1, 0.15) is 5.76 Å². The fourth-order valence-electron chi connectivity index (χ4n) is 1.75. The van der Waals surface area contributed by atoms with Crippen LogP contribution in [0.3, 0.4) is 0 Å². The Labute approximate surface area is 114 Å². The van der Waals surface area contributed by atoms with Crippen LogP contribution in [0.15, 0.2) is 28.7 Å². The van der Waals surface area contributed by atoms with E-state index in [1.807, 2.05) is 19.1 Å². The lowest BCUT2D eigenvalue weighted by atomic mass is 10.0. The van der Waals surface area contributed by atoms with Crippen LogP contribution in [0.1, 0.15) is 36.8 Å². The molecule has 0 amide bonds. The van der Waals surface area contributed by atoms with E-state index in [0.717, 1.165) is 17.0 Å². The normalized spacial score (nSPS) is 10.5. The van der Waals surface area contributed by atoms with Crippen molar-refractivity contribution in [1.29, 1.82) is 0 Å². The average Bonchev–Trinajstić information content (AvgIpc) is 2.70. The van der Waals surface area contributed by atoms with Crippen molar-refractivity contribution in [2.75, 3.05) is 0 Å². The molecule has 0 atom stereocenters. The molecular formula is C14H19ClN2O. The van der Waals surface area contributed by atoms with Crippen LogP contribution in [0, 0.1) is 6.92 Å². The molecule has 1 heterocycles. The Kier molecular flexibility index (Phi) is 4.93. The molecule has 0 spiro atoms. The van der Waals surface area contributed by atoms with Gasteiger partial charge in [-0.25, -0.2) is 4.98 Å². The third-order valence-corrected chi connectivity index (χ3v) is 2.91. The number of halogens is 1. The van der Waals surface area contributed by atoms with Gasteiger partial charge >= 0.3 is 0 Å². The second kappa shape index (κ2) is 6.03. The van der Waals surface area contributed by atoms with Crippen molar-refractivity contribution >= 4 is 12.4 Å². The molecule has 0 radical (unpaired) electrons. The number of nitrogens with two attached hydrogens (primary N) is 1. The first-order valence-electron chi connectivity index (χ1n) is 5.88. The molecule has 98 valence electrons. The van der Waals surface area contributed by atoms with Crippen LogP contribution < -0.4 is 5.73 Å². The standard InChI is InChI=1S/C14H18N2O.ClH/c1-9(2)11-4-6-12(7-5-11)14-16-13(8-15)10(3)17-14;/h4-7,9H,8,15H2,1-3H3;1H. The molecule has 0 saturated carbocycles. The molecule has 0 bridgehead atoms. The average molecular weight is 267 g/mol. The van der Waals surface area contributed by atoms with Crippen molar-refractivity contribution < 1.29 is 4.42 Å².